The Morgan fingerprint density at radius 3 is 1.94 bits per heavy atom. The largest absolute Gasteiger partial charge is 0.304 e. The summed E-state index contributed by atoms with van der Waals surface area (Å²) in [5.41, 5.74) is 3.05. The first-order valence-corrected chi connectivity index (χ1v) is 6.43. The summed E-state index contributed by atoms with van der Waals surface area (Å²) in [5, 5.41) is 21.3. The van der Waals surface area contributed by atoms with Gasteiger partial charge in [-0.25, -0.2) is 0 Å². The van der Waals surface area contributed by atoms with Crippen molar-refractivity contribution in [3.8, 4) is 12.1 Å². The van der Waals surface area contributed by atoms with Gasteiger partial charge in [0.25, 0.3) is 0 Å². The highest BCUT2D eigenvalue weighted by molar-refractivity contribution is 6.10. The Bertz CT molecular complexity index is 382. The molecular formula is C13H16N4. The van der Waals surface area contributed by atoms with Crippen molar-refractivity contribution in [1.82, 2.24) is 5.43 Å². The lowest BCUT2D eigenvalue weighted by Crippen LogP contribution is -2.53. The molecule has 1 N–H and O–H groups in total. The maximum absolute atomic E-state index is 8.66. The molecule has 0 aliphatic heterocycles. The maximum Gasteiger partial charge on any atom is 0.236 e. The van der Waals surface area contributed by atoms with Crippen LogP contribution in [-0.4, -0.2) is 11.8 Å². The van der Waals surface area contributed by atoms with E-state index >= 15 is 0 Å². The van der Waals surface area contributed by atoms with E-state index in [1.54, 1.807) is 12.1 Å². The van der Waals surface area contributed by atoms with Crippen molar-refractivity contribution in [2.75, 3.05) is 0 Å². The molecule has 0 atom stereocenters. The zero-order valence-corrected chi connectivity index (χ0v) is 9.76. The van der Waals surface area contributed by atoms with Crippen LogP contribution in [0.25, 0.3) is 0 Å². The van der Waals surface area contributed by atoms with Gasteiger partial charge < -0.3 is 5.43 Å². The Morgan fingerprint density at radius 1 is 0.941 bits per heavy atom. The van der Waals surface area contributed by atoms with Gasteiger partial charge >= 0.3 is 0 Å². The molecule has 0 amide bonds. The van der Waals surface area contributed by atoms with E-state index in [2.05, 4.69) is 10.5 Å². The van der Waals surface area contributed by atoms with Crippen LogP contribution in [0.1, 0.15) is 32.1 Å². The Balaban J connectivity index is 1.71. The van der Waals surface area contributed by atoms with E-state index in [0.717, 1.165) is 11.8 Å². The molecule has 4 aliphatic carbocycles. The van der Waals surface area contributed by atoms with Gasteiger partial charge in [-0.2, -0.15) is 15.6 Å². The van der Waals surface area contributed by atoms with Crippen LogP contribution < -0.4 is 5.43 Å². The van der Waals surface area contributed by atoms with Crippen molar-refractivity contribution >= 4 is 5.71 Å². The highest BCUT2D eigenvalue weighted by atomic mass is 15.3. The van der Waals surface area contributed by atoms with Crippen LogP contribution in [0.2, 0.25) is 0 Å². The molecule has 4 saturated carbocycles. The van der Waals surface area contributed by atoms with Crippen LogP contribution in [0.15, 0.2) is 5.10 Å². The molecule has 4 nitrogen and oxygen atoms in total. The molecule has 0 aromatic heterocycles. The number of nitrogens with zero attached hydrogens (tertiary/aromatic N) is 3. The van der Waals surface area contributed by atoms with Crippen LogP contribution in [0, 0.1) is 46.3 Å². The van der Waals surface area contributed by atoms with Gasteiger partial charge in [-0.3, -0.25) is 0 Å². The SMILES string of the molecule is N#CC(C#N)=NNC1C2CC3CC(C2)CC1C3. The van der Waals surface area contributed by atoms with Crippen molar-refractivity contribution in [2.45, 2.75) is 38.1 Å². The van der Waals surface area contributed by atoms with E-state index in [1.807, 2.05) is 0 Å². The average molecular weight is 228 g/mol. The third-order valence-corrected chi connectivity index (χ3v) is 4.76. The van der Waals surface area contributed by atoms with E-state index < -0.39 is 0 Å². The Labute approximate surface area is 101 Å². The minimum Gasteiger partial charge on any atom is -0.304 e. The van der Waals surface area contributed by atoms with Gasteiger partial charge in [0, 0.05) is 6.04 Å². The maximum atomic E-state index is 8.66. The summed E-state index contributed by atoms with van der Waals surface area (Å²) < 4.78 is 0. The van der Waals surface area contributed by atoms with Crippen molar-refractivity contribution in [3.63, 3.8) is 0 Å². The summed E-state index contributed by atoms with van der Waals surface area (Å²) in [7, 11) is 0. The average Bonchev–Trinajstić information content (AvgIpc) is 2.32. The number of nitrogens with one attached hydrogen (secondary N) is 1. The van der Waals surface area contributed by atoms with Crippen LogP contribution in [-0.2, 0) is 0 Å². The normalized spacial score (nSPS) is 41.4. The van der Waals surface area contributed by atoms with Crippen LogP contribution >= 0.6 is 0 Å². The molecule has 0 heterocycles. The standard InChI is InChI=1S/C13H16N4/c14-6-12(7-15)16-17-13-10-2-8-1-9(4-10)5-11(13)3-8/h8-11,13,17H,1-5H2. The highest BCUT2D eigenvalue weighted by Gasteiger charge is 2.48. The molecule has 0 aromatic rings. The Hall–Kier alpha value is -1.55. The fourth-order valence-corrected chi connectivity index (χ4v) is 4.35. The molecule has 0 spiro atoms. The lowest BCUT2D eigenvalue weighted by Gasteiger charge is -2.54. The fraction of sp³-hybridized carbons (Fsp3) is 0.769. The summed E-state index contributed by atoms with van der Waals surface area (Å²) in [6.07, 6.45) is 6.69. The fourth-order valence-electron chi connectivity index (χ4n) is 4.35. The minimum absolute atomic E-state index is 0.0567. The van der Waals surface area contributed by atoms with E-state index in [-0.39, 0.29) is 5.71 Å². The van der Waals surface area contributed by atoms with Gasteiger partial charge in [-0.15, -0.1) is 0 Å². The predicted molar refractivity (Wildman–Crippen MR) is 62.6 cm³/mol. The van der Waals surface area contributed by atoms with Gasteiger partial charge in [0.15, 0.2) is 0 Å². The topological polar surface area (TPSA) is 72.0 Å². The molecule has 4 rings (SSSR count). The van der Waals surface area contributed by atoms with Gasteiger partial charge in [0.1, 0.15) is 12.1 Å². The van der Waals surface area contributed by atoms with E-state index in [4.69, 9.17) is 10.5 Å². The molecule has 88 valence electrons. The Morgan fingerprint density at radius 2 is 1.47 bits per heavy atom. The number of hydrogen-bond donors (Lipinski definition) is 1. The van der Waals surface area contributed by atoms with Gasteiger partial charge in [0.05, 0.1) is 0 Å². The lowest BCUT2D eigenvalue weighted by molar-refractivity contribution is -0.0132. The second-order valence-electron chi connectivity index (χ2n) is 5.77. The third-order valence-electron chi connectivity index (χ3n) is 4.76. The molecule has 0 aromatic carbocycles. The second-order valence-corrected chi connectivity index (χ2v) is 5.77. The van der Waals surface area contributed by atoms with Crippen LogP contribution in [0.5, 0.6) is 0 Å². The first kappa shape index (κ1) is 10.6. The second kappa shape index (κ2) is 4.04. The zero-order valence-electron chi connectivity index (χ0n) is 9.76. The molecule has 0 saturated heterocycles. The van der Waals surface area contributed by atoms with Crippen molar-refractivity contribution in [2.24, 2.45) is 28.8 Å². The first-order valence-electron chi connectivity index (χ1n) is 6.43. The molecule has 4 bridgehead atoms. The highest BCUT2D eigenvalue weighted by Crippen LogP contribution is 2.53. The monoisotopic (exact) mass is 228 g/mol. The van der Waals surface area contributed by atoms with Crippen LogP contribution in [0.3, 0.4) is 0 Å². The van der Waals surface area contributed by atoms with Crippen LogP contribution in [0.4, 0.5) is 0 Å². The summed E-state index contributed by atoms with van der Waals surface area (Å²) in [6.45, 7) is 0. The Kier molecular flexibility index (Phi) is 2.52. The van der Waals surface area contributed by atoms with Crippen molar-refractivity contribution in [1.29, 1.82) is 10.5 Å². The lowest BCUT2D eigenvalue weighted by atomic mass is 9.54. The third kappa shape index (κ3) is 1.78. The summed E-state index contributed by atoms with van der Waals surface area (Å²) in [5.74, 6) is 3.30. The number of hydrazone groups is 1. The first-order chi connectivity index (χ1) is 8.30. The zero-order chi connectivity index (χ0) is 11.8. The minimum atomic E-state index is -0.0567. The predicted octanol–water partition coefficient (Wildman–Crippen LogP) is 1.80. The van der Waals surface area contributed by atoms with Gasteiger partial charge in [0.2, 0.25) is 5.71 Å². The number of rotatable bonds is 2. The van der Waals surface area contributed by atoms with Gasteiger partial charge in [-0.05, 0) is 55.8 Å². The van der Waals surface area contributed by atoms with E-state index in [0.29, 0.717) is 17.9 Å². The van der Waals surface area contributed by atoms with E-state index in [9.17, 15) is 0 Å². The molecule has 4 heteroatoms. The summed E-state index contributed by atoms with van der Waals surface area (Å²) in [4.78, 5) is 0. The number of hydrogen-bond acceptors (Lipinski definition) is 4. The summed E-state index contributed by atoms with van der Waals surface area (Å²) in [6, 6.07) is 4.00. The molecular weight excluding hydrogens is 212 g/mol. The molecule has 4 aliphatic rings. The molecule has 4 fully saturated rings. The van der Waals surface area contributed by atoms with Crippen molar-refractivity contribution in [3.05, 3.63) is 0 Å². The molecule has 17 heavy (non-hydrogen) atoms. The van der Waals surface area contributed by atoms with Crippen molar-refractivity contribution < 1.29 is 0 Å². The molecule has 0 unspecified atom stereocenters. The van der Waals surface area contributed by atoms with Gasteiger partial charge in [-0.1, -0.05) is 0 Å². The quantitative estimate of drug-likeness (QED) is 0.578. The van der Waals surface area contributed by atoms with E-state index in [1.165, 1.54) is 32.1 Å². The number of nitriles is 2. The summed E-state index contributed by atoms with van der Waals surface area (Å²) >= 11 is 0. The molecule has 0 radical (unpaired) electrons. The smallest absolute Gasteiger partial charge is 0.236 e.